The molecule has 0 spiro atoms. The Morgan fingerprint density at radius 1 is 1.54 bits per heavy atom. The number of rotatable bonds is 1. The van der Waals surface area contributed by atoms with Gasteiger partial charge in [-0.05, 0) is 12.1 Å². The molecule has 0 fully saturated rings. The highest BCUT2D eigenvalue weighted by molar-refractivity contribution is 5.94. The molecule has 1 aromatic rings. The van der Waals surface area contributed by atoms with Crippen LogP contribution in [0.5, 0.6) is 5.75 Å². The van der Waals surface area contributed by atoms with Crippen molar-refractivity contribution in [3.63, 3.8) is 0 Å². The van der Waals surface area contributed by atoms with Gasteiger partial charge in [-0.2, -0.15) is 0 Å². The van der Waals surface area contributed by atoms with E-state index in [2.05, 4.69) is 4.98 Å². The van der Waals surface area contributed by atoms with Crippen molar-refractivity contribution in [1.29, 1.82) is 0 Å². The molecule has 5 nitrogen and oxygen atoms in total. The van der Waals surface area contributed by atoms with Crippen LogP contribution in [-0.2, 0) is 0 Å². The summed E-state index contributed by atoms with van der Waals surface area (Å²) in [7, 11) is 3.22. The summed E-state index contributed by atoms with van der Waals surface area (Å²) < 4.78 is 0. The van der Waals surface area contributed by atoms with E-state index < -0.39 is 0 Å². The van der Waals surface area contributed by atoms with Gasteiger partial charge in [0.15, 0.2) is 5.69 Å². The Morgan fingerprint density at radius 2 is 2.15 bits per heavy atom. The Balaban J connectivity index is 0.00000144. The second-order valence-electron chi connectivity index (χ2n) is 2.57. The first kappa shape index (κ1) is 11.4. The Kier molecular flexibility index (Phi) is 3.87. The topological polar surface area (TPSA) is 84.9 Å². The number of carbonyl (C=O) groups is 1. The summed E-state index contributed by atoms with van der Waals surface area (Å²) in [5, 5.41) is 9.22. The van der Waals surface area contributed by atoms with Crippen LogP contribution in [0, 0.1) is 0 Å². The minimum absolute atomic E-state index is 0. The first-order valence-electron chi connectivity index (χ1n) is 3.48. The van der Waals surface area contributed by atoms with Crippen molar-refractivity contribution >= 4 is 5.91 Å². The molecule has 1 amide bonds. The summed E-state index contributed by atoms with van der Waals surface area (Å²) in [5.41, 5.74) is 0.0856. The number of amides is 1. The molecule has 0 saturated heterocycles. The van der Waals surface area contributed by atoms with Gasteiger partial charge in [-0.3, -0.25) is 4.79 Å². The Labute approximate surface area is 75.9 Å². The molecule has 3 N–H and O–H groups in total. The average molecular weight is 184 g/mol. The molecule has 0 aliphatic heterocycles. The van der Waals surface area contributed by atoms with Gasteiger partial charge in [-0.1, -0.05) is 0 Å². The fraction of sp³-hybridized carbons (Fsp3) is 0.250. The van der Waals surface area contributed by atoms with Gasteiger partial charge >= 0.3 is 0 Å². The molecule has 1 rings (SSSR count). The smallest absolute Gasteiger partial charge is 0.275 e. The van der Waals surface area contributed by atoms with Crippen molar-refractivity contribution in [2.45, 2.75) is 0 Å². The molecule has 0 radical (unpaired) electrons. The number of hydrogen-bond acceptors (Lipinski definition) is 3. The van der Waals surface area contributed by atoms with E-state index in [-0.39, 0.29) is 22.8 Å². The zero-order valence-corrected chi connectivity index (χ0v) is 7.48. The highest BCUT2D eigenvalue weighted by Crippen LogP contribution is 2.13. The number of aromatic nitrogens is 1. The molecule has 0 atom stereocenters. The number of hydrogen-bond donors (Lipinski definition) is 1. The maximum atomic E-state index is 11.3. The molecule has 0 unspecified atom stereocenters. The molecule has 0 aromatic carbocycles. The minimum atomic E-state index is -0.298. The van der Waals surface area contributed by atoms with Crippen molar-refractivity contribution in [3.8, 4) is 5.75 Å². The van der Waals surface area contributed by atoms with E-state index >= 15 is 0 Å². The minimum Gasteiger partial charge on any atom is -0.505 e. The molecular weight excluding hydrogens is 172 g/mol. The molecular formula is C8H12N2O3. The molecule has 0 aliphatic carbocycles. The molecule has 5 heteroatoms. The zero-order chi connectivity index (χ0) is 9.14. The van der Waals surface area contributed by atoms with Gasteiger partial charge in [0.2, 0.25) is 0 Å². The van der Waals surface area contributed by atoms with Crippen molar-refractivity contribution in [3.05, 3.63) is 24.0 Å². The number of nitrogens with zero attached hydrogens (tertiary/aromatic N) is 2. The second kappa shape index (κ2) is 4.42. The maximum absolute atomic E-state index is 11.3. The van der Waals surface area contributed by atoms with Gasteiger partial charge in [-0.25, -0.2) is 4.98 Å². The lowest BCUT2D eigenvalue weighted by Gasteiger charge is -2.09. The summed E-state index contributed by atoms with van der Waals surface area (Å²) in [4.78, 5) is 16.4. The molecule has 1 heterocycles. The summed E-state index contributed by atoms with van der Waals surface area (Å²) in [5.74, 6) is -0.385. The Bertz CT molecular complexity index is 299. The Hall–Kier alpha value is -1.62. The quantitative estimate of drug-likeness (QED) is 0.648. The number of aromatic hydroxyl groups is 1. The summed E-state index contributed by atoms with van der Waals surface area (Å²) in [6.07, 6.45) is 1.47. The SMILES string of the molecule is CN(C)C(=O)c1ncccc1O.O. The van der Waals surface area contributed by atoms with E-state index in [9.17, 15) is 9.90 Å². The van der Waals surface area contributed by atoms with Crippen LogP contribution in [0.15, 0.2) is 18.3 Å². The summed E-state index contributed by atoms with van der Waals surface area (Å²) in [6.45, 7) is 0. The van der Waals surface area contributed by atoms with Gasteiger partial charge in [0.25, 0.3) is 5.91 Å². The fourth-order valence-electron chi connectivity index (χ4n) is 0.773. The lowest BCUT2D eigenvalue weighted by Crippen LogP contribution is -2.22. The van der Waals surface area contributed by atoms with Crippen LogP contribution in [0.1, 0.15) is 10.5 Å². The average Bonchev–Trinajstić information content (AvgIpc) is 2.04. The van der Waals surface area contributed by atoms with E-state index in [1.54, 1.807) is 20.2 Å². The third-order valence-corrected chi connectivity index (χ3v) is 1.40. The zero-order valence-electron chi connectivity index (χ0n) is 7.48. The molecule has 0 saturated carbocycles. The van der Waals surface area contributed by atoms with Gasteiger partial charge in [-0.15, -0.1) is 0 Å². The van der Waals surface area contributed by atoms with E-state index in [0.29, 0.717) is 0 Å². The highest BCUT2D eigenvalue weighted by atomic mass is 16.3. The van der Waals surface area contributed by atoms with E-state index in [4.69, 9.17) is 0 Å². The van der Waals surface area contributed by atoms with E-state index in [0.717, 1.165) is 0 Å². The lowest BCUT2D eigenvalue weighted by atomic mass is 10.3. The van der Waals surface area contributed by atoms with Crippen LogP contribution >= 0.6 is 0 Å². The van der Waals surface area contributed by atoms with Crippen LogP contribution in [0.3, 0.4) is 0 Å². The Morgan fingerprint density at radius 3 is 2.62 bits per heavy atom. The van der Waals surface area contributed by atoms with Crippen LogP contribution in [0.4, 0.5) is 0 Å². The summed E-state index contributed by atoms with van der Waals surface area (Å²) in [6, 6.07) is 3.01. The van der Waals surface area contributed by atoms with Gasteiger partial charge < -0.3 is 15.5 Å². The molecule has 1 aromatic heterocycles. The predicted octanol–water partition coefficient (Wildman–Crippen LogP) is -0.336. The number of pyridine rings is 1. The normalized spacial score (nSPS) is 8.77. The molecule has 0 aliphatic rings. The standard InChI is InChI=1S/C8H10N2O2.H2O/c1-10(2)8(12)7-6(11)4-3-5-9-7;/h3-5,11H,1-2H3;1H2. The maximum Gasteiger partial charge on any atom is 0.275 e. The van der Waals surface area contributed by atoms with Crippen molar-refractivity contribution in [2.24, 2.45) is 0 Å². The van der Waals surface area contributed by atoms with E-state index in [1.807, 2.05) is 0 Å². The molecule has 72 valence electrons. The number of carbonyl (C=O) groups excluding carboxylic acids is 1. The van der Waals surface area contributed by atoms with Crippen molar-refractivity contribution in [1.82, 2.24) is 9.88 Å². The second-order valence-corrected chi connectivity index (χ2v) is 2.57. The van der Waals surface area contributed by atoms with Crippen LogP contribution in [-0.4, -0.2) is 40.5 Å². The first-order chi connectivity index (χ1) is 5.63. The van der Waals surface area contributed by atoms with Crippen LogP contribution in [0.2, 0.25) is 0 Å². The highest BCUT2D eigenvalue weighted by Gasteiger charge is 2.12. The van der Waals surface area contributed by atoms with Crippen LogP contribution < -0.4 is 0 Å². The van der Waals surface area contributed by atoms with Gasteiger partial charge in [0.1, 0.15) is 5.75 Å². The lowest BCUT2D eigenvalue weighted by molar-refractivity contribution is 0.0818. The van der Waals surface area contributed by atoms with Crippen molar-refractivity contribution < 1.29 is 15.4 Å². The monoisotopic (exact) mass is 184 g/mol. The van der Waals surface area contributed by atoms with Gasteiger partial charge in [0, 0.05) is 20.3 Å². The third kappa shape index (κ3) is 2.41. The summed E-state index contributed by atoms with van der Waals surface area (Å²) >= 11 is 0. The van der Waals surface area contributed by atoms with Crippen molar-refractivity contribution in [2.75, 3.05) is 14.1 Å². The third-order valence-electron chi connectivity index (χ3n) is 1.40. The molecule has 13 heavy (non-hydrogen) atoms. The van der Waals surface area contributed by atoms with Gasteiger partial charge in [0.05, 0.1) is 0 Å². The largest absolute Gasteiger partial charge is 0.505 e. The first-order valence-corrected chi connectivity index (χ1v) is 3.48. The van der Waals surface area contributed by atoms with E-state index in [1.165, 1.54) is 17.2 Å². The molecule has 0 bridgehead atoms. The predicted molar refractivity (Wildman–Crippen MR) is 47.5 cm³/mol. The van der Waals surface area contributed by atoms with Crippen LogP contribution in [0.25, 0.3) is 0 Å². The fourth-order valence-corrected chi connectivity index (χ4v) is 0.773.